The lowest BCUT2D eigenvalue weighted by atomic mass is 9.86. The van der Waals surface area contributed by atoms with Crippen LogP contribution in [0.1, 0.15) is 45.5 Å². The molecule has 2 unspecified atom stereocenters. The predicted octanol–water partition coefficient (Wildman–Crippen LogP) is -0.116. The fraction of sp³-hybridized carbons (Fsp3) is 0.351. The molecular weight excluding hydrogens is 655 g/mol. The van der Waals surface area contributed by atoms with E-state index in [9.17, 15) is 10.2 Å². The Labute approximate surface area is 294 Å². The minimum Gasteiger partial charge on any atom is -1.00 e. The molecular formula is C37H43Cl2N2O7-. The summed E-state index contributed by atoms with van der Waals surface area (Å²) in [7, 11) is 9.81. The van der Waals surface area contributed by atoms with Crippen LogP contribution < -0.4 is 43.8 Å². The van der Waals surface area contributed by atoms with E-state index in [2.05, 4.69) is 50.3 Å². The Kier molecular flexibility index (Phi) is 11.0. The summed E-state index contributed by atoms with van der Waals surface area (Å²) in [5.41, 5.74) is 6.59. The van der Waals surface area contributed by atoms with Crippen LogP contribution in [0.4, 0.5) is 0 Å². The molecule has 3 aliphatic rings. The maximum absolute atomic E-state index is 11.6. The molecule has 3 aliphatic heterocycles. The number of benzene rings is 4. The van der Waals surface area contributed by atoms with Gasteiger partial charge in [-0.05, 0) is 90.2 Å². The first-order chi connectivity index (χ1) is 21.6. The van der Waals surface area contributed by atoms with Crippen molar-refractivity contribution in [3.8, 4) is 46.0 Å². The Balaban J connectivity index is 0.00000173. The van der Waals surface area contributed by atoms with Gasteiger partial charge >= 0.3 is 0 Å². The van der Waals surface area contributed by atoms with Gasteiger partial charge in [0.1, 0.15) is 11.8 Å². The summed E-state index contributed by atoms with van der Waals surface area (Å²) in [5.74, 6) is 3.16. The molecule has 4 aromatic rings. The van der Waals surface area contributed by atoms with Crippen LogP contribution in [0.25, 0.3) is 0 Å². The van der Waals surface area contributed by atoms with Gasteiger partial charge in [0, 0.05) is 25.4 Å². The normalized spacial score (nSPS) is 18.9. The molecule has 4 aromatic carbocycles. The Morgan fingerprint density at radius 1 is 0.812 bits per heavy atom. The van der Waals surface area contributed by atoms with E-state index in [1.165, 1.54) is 11.1 Å². The average Bonchev–Trinajstić information content (AvgIpc) is 3.02. The molecule has 9 nitrogen and oxygen atoms in total. The fourth-order valence-corrected chi connectivity index (χ4v) is 7.31. The first-order valence-corrected chi connectivity index (χ1v) is 15.6. The van der Waals surface area contributed by atoms with Crippen LogP contribution in [0.2, 0.25) is 0 Å². The maximum Gasteiger partial charge on any atom is 0.201 e. The summed E-state index contributed by atoms with van der Waals surface area (Å²) in [6.45, 7) is 1.82. The smallest absolute Gasteiger partial charge is 0.201 e. The number of halogens is 2. The topological polar surface area (TPSA) is 112 Å². The highest BCUT2D eigenvalue weighted by molar-refractivity contribution is 5.61. The van der Waals surface area contributed by atoms with Crippen LogP contribution >= 0.6 is 0 Å². The van der Waals surface area contributed by atoms with Gasteiger partial charge in [0.05, 0.1) is 40.4 Å². The second kappa shape index (κ2) is 14.3. The van der Waals surface area contributed by atoms with Crippen molar-refractivity contribution in [1.82, 2.24) is 4.90 Å². The fourth-order valence-electron chi connectivity index (χ4n) is 7.31. The van der Waals surface area contributed by atoms with Crippen molar-refractivity contribution in [3.63, 3.8) is 0 Å². The van der Waals surface area contributed by atoms with Crippen molar-refractivity contribution < 1.29 is 63.9 Å². The van der Waals surface area contributed by atoms with Gasteiger partial charge in [-0.15, -0.1) is 0 Å². The molecule has 0 amide bonds. The van der Waals surface area contributed by atoms with Gasteiger partial charge in [-0.3, -0.25) is 4.90 Å². The third-order valence-electron chi connectivity index (χ3n) is 9.97. The monoisotopic (exact) mass is 697 g/mol. The summed E-state index contributed by atoms with van der Waals surface area (Å²) in [6, 6.07) is 19.8. The number of phenols is 2. The summed E-state index contributed by atoms with van der Waals surface area (Å²) in [4.78, 5) is 2.37. The number of methoxy groups -OCH3 is 2. The number of hydrogen-bond acceptors (Lipinski definition) is 7. The summed E-state index contributed by atoms with van der Waals surface area (Å²) in [6.07, 6.45) is 3.11. The molecule has 7 rings (SSSR count). The number of fused-ring (bicyclic) bond motifs is 5. The van der Waals surface area contributed by atoms with E-state index >= 15 is 0 Å². The summed E-state index contributed by atoms with van der Waals surface area (Å²) >= 11 is 0. The zero-order valence-electron chi connectivity index (χ0n) is 27.8. The predicted molar refractivity (Wildman–Crippen MR) is 176 cm³/mol. The van der Waals surface area contributed by atoms with Gasteiger partial charge in [-0.2, -0.15) is 0 Å². The number of nitrogens with zero attached hydrogens (tertiary/aromatic N) is 2. The van der Waals surface area contributed by atoms with Gasteiger partial charge in [-0.25, -0.2) is 0 Å². The summed E-state index contributed by atoms with van der Waals surface area (Å²) in [5, 5.41) is 22.5. The summed E-state index contributed by atoms with van der Waals surface area (Å²) < 4.78 is 25.3. The van der Waals surface area contributed by atoms with E-state index in [0.29, 0.717) is 45.4 Å². The van der Waals surface area contributed by atoms with Crippen LogP contribution in [0.15, 0.2) is 60.7 Å². The van der Waals surface area contributed by atoms with Crippen LogP contribution in [0.5, 0.6) is 46.0 Å². The maximum atomic E-state index is 11.6. The molecule has 0 aliphatic carbocycles. The largest absolute Gasteiger partial charge is 1.00 e. The van der Waals surface area contributed by atoms with Crippen molar-refractivity contribution in [2.45, 2.75) is 37.8 Å². The van der Waals surface area contributed by atoms with E-state index < -0.39 is 0 Å². The lowest BCUT2D eigenvalue weighted by Crippen LogP contribution is -3.00. The molecule has 0 fully saturated rings. The number of quaternary nitrogens is 1. The second-order valence-corrected chi connectivity index (χ2v) is 13.1. The number of ether oxygens (including phenoxy) is 4. The standard InChI is InChI=1S/C37H40N2O6.2ClH.H2O/c1-38-13-11-24-19-32(42-4)33-21-27(24)28(38)16-22-7-6-8-26(15-22)44-37-35-25(20-34(43-5)36(37)41)12-14-39(2,3)29(35)17-23-9-10-30(40)31(18-23)45-33;;;/h6-10,15,18-21,28-29H,11-14,16-17H2,1-5H3,(H-,40,41);2*1H;1H2/p-1. The van der Waals surface area contributed by atoms with Gasteiger partial charge in [-0.1, -0.05) is 18.2 Å². The van der Waals surface area contributed by atoms with Crippen molar-refractivity contribution >= 4 is 0 Å². The molecule has 258 valence electrons. The Morgan fingerprint density at radius 2 is 1.54 bits per heavy atom. The van der Waals surface area contributed by atoms with Crippen molar-refractivity contribution in [1.29, 1.82) is 0 Å². The zero-order valence-corrected chi connectivity index (χ0v) is 29.4. The zero-order chi connectivity index (χ0) is 31.5. The van der Waals surface area contributed by atoms with Gasteiger partial charge in [0.15, 0.2) is 34.5 Å². The highest BCUT2D eigenvalue weighted by Crippen LogP contribution is 2.51. The lowest BCUT2D eigenvalue weighted by molar-refractivity contribution is -0.923. The number of likely N-dealkylation sites (N-methyl/N-ethyl adjacent to an activating group) is 2. The SMILES string of the molecule is COc1cc2c3cc1Oc1cc(ccc1O)CC1c4c(cc(OC)c(O)c4Oc4cccc(c4)CC3N(C)CC2)CC[N+]1(C)C.O.[Cl-].[Cl-]. The molecule has 0 aromatic heterocycles. The second-order valence-electron chi connectivity index (χ2n) is 13.1. The van der Waals surface area contributed by atoms with E-state index in [1.807, 2.05) is 30.3 Å². The molecule has 48 heavy (non-hydrogen) atoms. The third-order valence-corrected chi connectivity index (χ3v) is 9.97. The highest BCUT2D eigenvalue weighted by atomic mass is 35.5. The number of rotatable bonds is 2. The first kappa shape index (κ1) is 37.0. The van der Waals surface area contributed by atoms with Crippen LogP contribution in [-0.4, -0.2) is 73.5 Å². The molecule has 6 bridgehead atoms. The van der Waals surface area contributed by atoms with Gasteiger partial charge in [0.25, 0.3) is 0 Å². The number of aromatic hydroxyl groups is 2. The quantitative estimate of drug-likeness (QED) is 0.281. The van der Waals surface area contributed by atoms with Crippen LogP contribution in [0.3, 0.4) is 0 Å². The molecule has 3 heterocycles. The molecule has 2 atom stereocenters. The van der Waals surface area contributed by atoms with E-state index in [0.717, 1.165) is 54.6 Å². The molecule has 4 N–H and O–H groups in total. The molecule has 0 radical (unpaired) electrons. The number of hydrogen-bond donors (Lipinski definition) is 2. The van der Waals surface area contributed by atoms with Crippen LogP contribution in [-0.2, 0) is 25.7 Å². The Bertz CT molecular complexity index is 1800. The third kappa shape index (κ3) is 6.58. The van der Waals surface area contributed by atoms with Crippen molar-refractivity contribution in [3.05, 3.63) is 94.0 Å². The van der Waals surface area contributed by atoms with Crippen molar-refractivity contribution in [2.75, 3.05) is 48.5 Å². The van der Waals surface area contributed by atoms with Crippen molar-refractivity contribution in [2.24, 2.45) is 0 Å². The molecule has 0 spiro atoms. The minimum absolute atomic E-state index is 0. The average molecular weight is 699 g/mol. The Hall–Kier alpha value is -3.86. The number of phenolic OH excluding ortho intramolecular Hbond substituents is 2. The van der Waals surface area contributed by atoms with Crippen LogP contribution in [0, 0.1) is 0 Å². The minimum atomic E-state index is -0.0515. The Morgan fingerprint density at radius 3 is 2.29 bits per heavy atom. The molecule has 0 saturated heterocycles. The van der Waals surface area contributed by atoms with Gasteiger partial charge < -0.3 is 63.9 Å². The molecule has 0 saturated carbocycles. The first-order valence-electron chi connectivity index (χ1n) is 15.6. The highest BCUT2D eigenvalue weighted by Gasteiger charge is 2.41. The van der Waals surface area contributed by atoms with E-state index in [-0.39, 0.29) is 53.9 Å². The van der Waals surface area contributed by atoms with E-state index in [1.54, 1.807) is 20.3 Å². The molecule has 11 heteroatoms. The van der Waals surface area contributed by atoms with E-state index in [4.69, 9.17) is 18.9 Å². The lowest BCUT2D eigenvalue weighted by Gasteiger charge is -2.43. The van der Waals surface area contributed by atoms with Gasteiger partial charge in [0.2, 0.25) is 5.75 Å².